The van der Waals surface area contributed by atoms with Crippen LogP contribution in [0.2, 0.25) is 0 Å². The number of amides is 1. The van der Waals surface area contributed by atoms with E-state index in [9.17, 15) is 13.6 Å². The lowest BCUT2D eigenvalue weighted by Gasteiger charge is -2.16. The molecule has 6 nitrogen and oxygen atoms in total. The zero-order valence-corrected chi connectivity index (χ0v) is 8.68. The van der Waals surface area contributed by atoms with Crippen molar-refractivity contribution in [1.82, 2.24) is 4.98 Å². The summed E-state index contributed by atoms with van der Waals surface area (Å²) in [6, 6.07) is 1.09. The highest BCUT2D eigenvalue weighted by Gasteiger charge is 2.17. The van der Waals surface area contributed by atoms with Gasteiger partial charge in [0.15, 0.2) is 5.82 Å². The molecule has 5 N–H and O–H groups in total. The minimum absolute atomic E-state index is 0.141. The summed E-state index contributed by atoms with van der Waals surface area (Å²) in [6.07, 6.45) is 1.07. The Balaban J connectivity index is 3.16. The predicted molar refractivity (Wildman–Crippen MR) is 58.9 cm³/mol. The van der Waals surface area contributed by atoms with Gasteiger partial charge >= 0.3 is 0 Å². The van der Waals surface area contributed by atoms with Gasteiger partial charge in [0.25, 0.3) is 6.43 Å². The number of anilines is 2. The van der Waals surface area contributed by atoms with Crippen molar-refractivity contribution in [1.29, 1.82) is 0 Å². The standard InChI is InChI=1S/C9H11F2N5O/c10-8(11)7-3-6(15-5-17)4-14-9(7)16(13)2-1-12/h1-5,8H,12-13H2,(H,15,17)/b2-1-. The van der Waals surface area contributed by atoms with E-state index in [0.717, 1.165) is 17.3 Å². The summed E-state index contributed by atoms with van der Waals surface area (Å²) in [5.74, 6) is 5.31. The van der Waals surface area contributed by atoms with Gasteiger partial charge in [-0.25, -0.2) is 19.6 Å². The first-order chi connectivity index (χ1) is 8.10. The Morgan fingerprint density at radius 1 is 1.53 bits per heavy atom. The first-order valence-electron chi connectivity index (χ1n) is 4.50. The molecule has 0 unspecified atom stereocenters. The fourth-order valence-electron chi connectivity index (χ4n) is 1.16. The van der Waals surface area contributed by atoms with Gasteiger partial charge in [0, 0.05) is 12.4 Å². The number of pyridine rings is 1. The van der Waals surface area contributed by atoms with Gasteiger partial charge in [-0.05, 0) is 6.07 Å². The van der Waals surface area contributed by atoms with Crippen LogP contribution in [-0.2, 0) is 4.79 Å². The lowest BCUT2D eigenvalue weighted by molar-refractivity contribution is -0.105. The van der Waals surface area contributed by atoms with Gasteiger partial charge in [0.2, 0.25) is 6.41 Å². The van der Waals surface area contributed by atoms with Crippen molar-refractivity contribution in [2.45, 2.75) is 6.43 Å². The van der Waals surface area contributed by atoms with E-state index in [1.54, 1.807) is 0 Å². The number of hydrazine groups is 1. The summed E-state index contributed by atoms with van der Waals surface area (Å²) in [4.78, 5) is 13.9. The Labute approximate surface area is 95.9 Å². The van der Waals surface area contributed by atoms with Gasteiger partial charge in [0.1, 0.15) is 0 Å². The molecule has 0 saturated heterocycles. The third-order valence-corrected chi connectivity index (χ3v) is 1.85. The predicted octanol–water partition coefficient (Wildman–Crippen LogP) is 0.698. The van der Waals surface area contributed by atoms with Crippen molar-refractivity contribution in [3.8, 4) is 0 Å². The average Bonchev–Trinajstić information content (AvgIpc) is 2.29. The number of alkyl halides is 2. The molecule has 0 atom stereocenters. The van der Waals surface area contributed by atoms with Gasteiger partial charge < -0.3 is 11.1 Å². The van der Waals surface area contributed by atoms with E-state index in [0.29, 0.717) is 6.41 Å². The van der Waals surface area contributed by atoms with Crippen LogP contribution in [0.4, 0.5) is 20.3 Å². The Morgan fingerprint density at radius 3 is 2.76 bits per heavy atom. The number of hydrogen-bond donors (Lipinski definition) is 3. The molecule has 92 valence electrons. The first-order valence-corrected chi connectivity index (χ1v) is 4.50. The van der Waals surface area contributed by atoms with Crippen molar-refractivity contribution in [3.05, 3.63) is 30.2 Å². The van der Waals surface area contributed by atoms with Gasteiger partial charge in [-0.15, -0.1) is 0 Å². The summed E-state index contributed by atoms with van der Waals surface area (Å²) in [5.41, 5.74) is 4.85. The Bertz CT molecular complexity index is 424. The van der Waals surface area contributed by atoms with E-state index in [1.807, 2.05) is 0 Å². The summed E-state index contributed by atoms with van der Waals surface area (Å²) in [5, 5.41) is 3.09. The lowest BCUT2D eigenvalue weighted by atomic mass is 10.2. The second kappa shape index (κ2) is 5.75. The summed E-state index contributed by atoms with van der Waals surface area (Å²) >= 11 is 0. The highest BCUT2D eigenvalue weighted by molar-refractivity contribution is 5.72. The maximum Gasteiger partial charge on any atom is 0.267 e. The molecule has 0 aliphatic carbocycles. The van der Waals surface area contributed by atoms with Crippen LogP contribution in [0.3, 0.4) is 0 Å². The molecular weight excluding hydrogens is 232 g/mol. The van der Waals surface area contributed by atoms with Crippen molar-refractivity contribution in [2.24, 2.45) is 11.6 Å². The summed E-state index contributed by atoms with van der Waals surface area (Å²) in [6.45, 7) is 0. The minimum atomic E-state index is -2.77. The molecule has 0 spiro atoms. The van der Waals surface area contributed by atoms with Crippen LogP contribution in [0.25, 0.3) is 0 Å². The Hall–Kier alpha value is -2.22. The van der Waals surface area contributed by atoms with Crippen LogP contribution in [0, 0.1) is 0 Å². The normalized spacial score (nSPS) is 10.8. The number of carbonyl (C=O) groups is 1. The maximum absolute atomic E-state index is 12.8. The van der Waals surface area contributed by atoms with Crippen LogP contribution in [0.1, 0.15) is 12.0 Å². The largest absolute Gasteiger partial charge is 0.403 e. The molecule has 1 rings (SSSR count). The third-order valence-electron chi connectivity index (χ3n) is 1.85. The third kappa shape index (κ3) is 3.11. The van der Waals surface area contributed by atoms with Crippen molar-refractivity contribution >= 4 is 17.9 Å². The fourth-order valence-corrected chi connectivity index (χ4v) is 1.16. The molecule has 0 saturated carbocycles. The van der Waals surface area contributed by atoms with Gasteiger partial charge in [0.05, 0.1) is 17.4 Å². The number of aromatic nitrogens is 1. The molecule has 0 fully saturated rings. The second-order valence-corrected chi connectivity index (χ2v) is 2.95. The highest BCUT2D eigenvalue weighted by atomic mass is 19.3. The molecule has 1 amide bonds. The number of nitrogens with two attached hydrogens (primary N) is 2. The van der Waals surface area contributed by atoms with Crippen LogP contribution < -0.4 is 21.9 Å². The maximum atomic E-state index is 12.8. The number of rotatable bonds is 5. The van der Waals surface area contributed by atoms with E-state index in [1.165, 1.54) is 12.4 Å². The average molecular weight is 243 g/mol. The minimum Gasteiger partial charge on any atom is -0.403 e. The molecule has 0 aliphatic rings. The monoisotopic (exact) mass is 243 g/mol. The molecule has 1 aromatic rings. The molecule has 0 aliphatic heterocycles. The SMILES string of the molecule is N/C=C\N(N)c1ncc(NC=O)cc1C(F)F. The van der Waals surface area contributed by atoms with E-state index in [2.05, 4.69) is 10.3 Å². The lowest BCUT2D eigenvalue weighted by Crippen LogP contribution is -2.27. The topological polar surface area (TPSA) is 97.3 Å². The van der Waals surface area contributed by atoms with Crippen molar-refractivity contribution in [3.63, 3.8) is 0 Å². The zero-order chi connectivity index (χ0) is 12.8. The van der Waals surface area contributed by atoms with Crippen molar-refractivity contribution in [2.75, 3.05) is 10.3 Å². The molecular formula is C9H11F2N5O. The molecule has 1 heterocycles. The van der Waals surface area contributed by atoms with Crippen LogP contribution >= 0.6 is 0 Å². The molecule has 17 heavy (non-hydrogen) atoms. The number of halogens is 2. The number of nitrogens with one attached hydrogen (secondary N) is 1. The van der Waals surface area contributed by atoms with E-state index in [4.69, 9.17) is 11.6 Å². The highest BCUT2D eigenvalue weighted by Crippen LogP contribution is 2.29. The second-order valence-electron chi connectivity index (χ2n) is 2.95. The zero-order valence-electron chi connectivity index (χ0n) is 8.68. The Morgan fingerprint density at radius 2 is 2.24 bits per heavy atom. The van der Waals surface area contributed by atoms with Crippen LogP contribution in [0.15, 0.2) is 24.7 Å². The number of nitrogens with zero attached hydrogens (tertiary/aromatic N) is 2. The molecule has 0 bridgehead atoms. The molecule has 1 aromatic heterocycles. The first kappa shape index (κ1) is 12.8. The number of carbonyl (C=O) groups excluding carboxylic acids is 1. The van der Waals surface area contributed by atoms with Crippen molar-refractivity contribution < 1.29 is 13.6 Å². The summed E-state index contributed by atoms with van der Waals surface area (Å²) in [7, 11) is 0. The fraction of sp³-hybridized carbons (Fsp3) is 0.111. The molecule has 0 aromatic carbocycles. The van der Waals surface area contributed by atoms with E-state index < -0.39 is 12.0 Å². The van der Waals surface area contributed by atoms with Gasteiger partial charge in [-0.1, -0.05) is 0 Å². The Kier molecular flexibility index (Phi) is 4.35. The van der Waals surface area contributed by atoms with E-state index >= 15 is 0 Å². The number of hydrogen-bond acceptors (Lipinski definition) is 5. The van der Waals surface area contributed by atoms with Gasteiger partial charge in [-0.2, -0.15) is 0 Å². The van der Waals surface area contributed by atoms with Crippen LogP contribution in [0.5, 0.6) is 0 Å². The quantitative estimate of drug-likeness (QED) is 0.401. The van der Waals surface area contributed by atoms with E-state index in [-0.39, 0.29) is 11.5 Å². The molecule has 8 heteroatoms. The van der Waals surface area contributed by atoms with Gasteiger partial charge in [-0.3, -0.25) is 9.80 Å². The van der Waals surface area contributed by atoms with Crippen LogP contribution in [-0.4, -0.2) is 11.4 Å². The molecule has 0 radical (unpaired) electrons. The summed E-state index contributed by atoms with van der Waals surface area (Å²) < 4.78 is 25.5. The smallest absolute Gasteiger partial charge is 0.267 e.